The van der Waals surface area contributed by atoms with Gasteiger partial charge in [-0.25, -0.2) is 18.4 Å². The Morgan fingerprint density at radius 2 is 2.04 bits per heavy atom. The number of hydrogen-bond acceptors (Lipinski definition) is 3. The summed E-state index contributed by atoms with van der Waals surface area (Å²) in [6.45, 7) is 2.78. The van der Waals surface area contributed by atoms with Crippen molar-refractivity contribution >= 4 is 29.9 Å². The Balaban J connectivity index is 0.00000225. The zero-order valence-electron chi connectivity index (χ0n) is 16.0. The van der Waals surface area contributed by atoms with Gasteiger partial charge >= 0.3 is 0 Å². The first kappa shape index (κ1) is 20.9. The first-order chi connectivity index (χ1) is 13.1. The monoisotopic (exact) mass is 502 g/mol. The maximum absolute atomic E-state index is 13.9. The van der Waals surface area contributed by atoms with Crippen LogP contribution < -0.4 is 10.6 Å². The third kappa shape index (κ3) is 4.28. The molecule has 6 nitrogen and oxygen atoms in total. The molecule has 1 saturated carbocycles. The molecule has 9 heteroatoms. The van der Waals surface area contributed by atoms with Crippen molar-refractivity contribution in [2.24, 2.45) is 4.99 Å². The van der Waals surface area contributed by atoms with E-state index in [1.54, 1.807) is 7.05 Å². The molecule has 0 spiro atoms. The van der Waals surface area contributed by atoms with Crippen LogP contribution in [0.2, 0.25) is 0 Å². The van der Waals surface area contributed by atoms with Gasteiger partial charge in [0.25, 0.3) is 0 Å². The molecule has 1 aromatic heterocycles. The van der Waals surface area contributed by atoms with Crippen molar-refractivity contribution in [1.29, 1.82) is 0 Å². The van der Waals surface area contributed by atoms with Crippen molar-refractivity contribution in [3.05, 3.63) is 47.0 Å². The molecular formula is C19H25F2IN6. The zero-order valence-corrected chi connectivity index (χ0v) is 18.3. The number of aliphatic imine (C=N–C) groups is 1. The molecule has 28 heavy (non-hydrogen) atoms. The second-order valence-electron chi connectivity index (χ2n) is 7.16. The number of aromatic nitrogens is 3. The van der Waals surface area contributed by atoms with E-state index in [-0.39, 0.29) is 47.5 Å². The summed E-state index contributed by atoms with van der Waals surface area (Å²) in [6.07, 6.45) is 3.33. The Morgan fingerprint density at radius 1 is 1.29 bits per heavy atom. The van der Waals surface area contributed by atoms with Crippen LogP contribution in [0.1, 0.15) is 42.9 Å². The molecule has 0 amide bonds. The molecule has 2 heterocycles. The number of guanidine groups is 1. The van der Waals surface area contributed by atoms with Crippen LogP contribution in [0.3, 0.4) is 0 Å². The molecule has 1 aliphatic carbocycles. The van der Waals surface area contributed by atoms with Crippen molar-refractivity contribution in [2.45, 2.75) is 57.2 Å². The van der Waals surface area contributed by atoms with E-state index in [0.717, 1.165) is 37.5 Å². The highest BCUT2D eigenvalue weighted by molar-refractivity contribution is 14.0. The summed E-state index contributed by atoms with van der Waals surface area (Å²) >= 11 is 0. The Morgan fingerprint density at radius 3 is 2.71 bits per heavy atom. The minimum Gasteiger partial charge on any atom is -0.353 e. The lowest BCUT2D eigenvalue weighted by Crippen LogP contribution is -2.47. The predicted octanol–water partition coefficient (Wildman–Crippen LogP) is 2.77. The summed E-state index contributed by atoms with van der Waals surface area (Å²) in [5.41, 5.74) is 0.169. The molecule has 0 bridgehead atoms. The van der Waals surface area contributed by atoms with Crippen molar-refractivity contribution in [3.8, 4) is 0 Å². The number of nitrogens with zero attached hydrogens (tertiary/aromatic N) is 4. The fourth-order valence-corrected chi connectivity index (χ4v) is 3.71. The van der Waals surface area contributed by atoms with Crippen LogP contribution in [0.25, 0.3) is 0 Å². The molecule has 0 radical (unpaired) electrons. The smallest absolute Gasteiger partial charge is 0.191 e. The third-order valence-electron chi connectivity index (χ3n) is 5.27. The van der Waals surface area contributed by atoms with E-state index >= 15 is 0 Å². The van der Waals surface area contributed by atoms with Gasteiger partial charge in [0.2, 0.25) is 0 Å². The van der Waals surface area contributed by atoms with Crippen LogP contribution in [0.15, 0.2) is 23.2 Å². The lowest BCUT2D eigenvalue weighted by atomic mass is 10.1. The molecule has 3 unspecified atom stereocenters. The van der Waals surface area contributed by atoms with Gasteiger partial charge in [-0.3, -0.25) is 4.99 Å². The standard InChI is InChI=1S/C19H24F2N6.HI/c1-3-16-25-17-8-7-11(10-27(17)26-16)23-19(22-2)24-15-9-12(15)18-13(20)5-4-6-14(18)21;/h4-6,11-12,15H,3,7-10H2,1-2H3,(H2,22,23,24);1H. The molecule has 4 rings (SSSR count). The number of hydrogen-bond donors (Lipinski definition) is 2. The fraction of sp³-hybridized carbons (Fsp3) is 0.526. The fourth-order valence-electron chi connectivity index (χ4n) is 3.71. The van der Waals surface area contributed by atoms with Crippen LogP contribution in [-0.4, -0.2) is 39.9 Å². The van der Waals surface area contributed by atoms with Gasteiger partial charge in [-0.1, -0.05) is 13.0 Å². The van der Waals surface area contributed by atoms with E-state index in [4.69, 9.17) is 0 Å². The van der Waals surface area contributed by atoms with Crippen LogP contribution >= 0.6 is 24.0 Å². The van der Waals surface area contributed by atoms with E-state index < -0.39 is 11.6 Å². The highest BCUT2D eigenvalue weighted by Crippen LogP contribution is 2.43. The van der Waals surface area contributed by atoms with Gasteiger partial charge in [-0.05, 0) is 25.0 Å². The van der Waals surface area contributed by atoms with Crippen molar-refractivity contribution in [2.75, 3.05) is 7.05 Å². The zero-order chi connectivity index (χ0) is 19.0. The Bertz CT molecular complexity index is 848. The lowest BCUT2D eigenvalue weighted by Gasteiger charge is -2.25. The van der Waals surface area contributed by atoms with Gasteiger partial charge in [0.05, 0.1) is 6.54 Å². The van der Waals surface area contributed by atoms with Gasteiger partial charge in [0.1, 0.15) is 17.5 Å². The molecule has 2 aliphatic rings. The summed E-state index contributed by atoms with van der Waals surface area (Å²) in [4.78, 5) is 8.80. The topological polar surface area (TPSA) is 67.1 Å². The summed E-state index contributed by atoms with van der Waals surface area (Å²) in [6, 6.07) is 4.19. The van der Waals surface area contributed by atoms with Crippen LogP contribution in [-0.2, 0) is 19.4 Å². The number of halogens is 3. The maximum atomic E-state index is 13.9. The molecule has 0 saturated heterocycles. The Kier molecular flexibility index (Phi) is 6.51. The van der Waals surface area contributed by atoms with Gasteiger partial charge in [-0.15, -0.1) is 24.0 Å². The minimum atomic E-state index is -0.482. The van der Waals surface area contributed by atoms with E-state index in [2.05, 4.69) is 25.7 Å². The Hall–Kier alpha value is -1.78. The quantitative estimate of drug-likeness (QED) is 0.384. The van der Waals surface area contributed by atoms with E-state index in [0.29, 0.717) is 12.4 Å². The van der Waals surface area contributed by atoms with E-state index in [1.807, 2.05) is 11.6 Å². The van der Waals surface area contributed by atoms with Crippen LogP contribution in [0.5, 0.6) is 0 Å². The van der Waals surface area contributed by atoms with Crippen molar-refractivity contribution in [3.63, 3.8) is 0 Å². The normalized spacial score (nSPS) is 23.6. The molecule has 152 valence electrons. The minimum absolute atomic E-state index is 0. The summed E-state index contributed by atoms with van der Waals surface area (Å²) in [7, 11) is 1.70. The first-order valence-electron chi connectivity index (χ1n) is 9.45. The first-order valence-corrected chi connectivity index (χ1v) is 9.45. The second-order valence-corrected chi connectivity index (χ2v) is 7.16. The van der Waals surface area contributed by atoms with Gasteiger partial charge in [0, 0.05) is 43.5 Å². The summed E-state index contributed by atoms with van der Waals surface area (Å²) < 4.78 is 29.9. The molecule has 1 fully saturated rings. The second kappa shape index (κ2) is 8.71. The highest BCUT2D eigenvalue weighted by atomic mass is 127. The Labute approximate surface area is 180 Å². The van der Waals surface area contributed by atoms with Crippen molar-refractivity contribution < 1.29 is 8.78 Å². The molecule has 2 aromatic rings. The molecular weight excluding hydrogens is 477 g/mol. The summed E-state index contributed by atoms with van der Waals surface area (Å²) in [5.74, 6) is 1.44. The number of benzene rings is 1. The molecule has 1 aliphatic heterocycles. The number of nitrogens with one attached hydrogen (secondary N) is 2. The lowest BCUT2D eigenvalue weighted by molar-refractivity contribution is 0.392. The number of rotatable bonds is 4. The van der Waals surface area contributed by atoms with Gasteiger partial charge in [-0.2, -0.15) is 5.10 Å². The molecule has 2 N–H and O–H groups in total. The molecule has 1 aromatic carbocycles. The van der Waals surface area contributed by atoms with Gasteiger partial charge < -0.3 is 10.6 Å². The van der Waals surface area contributed by atoms with Crippen molar-refractivity contribution in [1.82, 2.24) is 25.4 Å². The van der Waals surface area contributed by atoms with E-state index in [9.17, 15) is 8.78 Å². The summed E-state index contributed by atoms with van der Waals surface area (Å²) in [5, 5.41) is 11.2. The third-order valence-corrected chi connectivity index (χ3v) is 5.27. The van der Waals surface area contributed by atoms with Crippen LogP contribution in [0.4, 0.5) is 8.78 Å². The average molecular weight is 502 g/mol. The van der Waals surface area contributed by atoms with Gasteiger partial charge in [0.15, 0.2) is 11.8 Å². The number of fused-ring (bicyclic) bond motifs is 1. The maximum Gasteiger partial charge on any atom is 0.191 e. The van der Waals surface area contributed by atoms with Crippen LogP contribution in [0, 0.1) is 11.6 Å². The highest BCUT2D eigenvalue weighted by Gasteiger charge is 2.42. The number of aryl methyl sites for hydroxylation is 2. The largest absolute Gasteiger partial charge is 0.353 e. The predicted molar refractivity (Wildman–Crippen MR) is 114 cm³/mol. The average Bonchev–Trinajstić information content (AvgIpc) is 3.26. The molecule has 3 atom stereocenters. The SMILES string of the molecule is CCc1nc2n(n1)CC(NC(=NC)NC1CC1c1c(F)cccc1F)CC2.I. The van der Waals surface area contributed by atoms with E-state index in [1.165, 1.54) is 18.2 Å².